The summed E-state index contributed by atoms with van der Waals surface area (Å²) in [5.74, 6) is -3.38. The number of methoxy groups -OCH3 is 1. The van der Waals surface area contributed by atoms with Gasteiger partial charge in [-0.3, -0.25) is 14.5 Å². The number of allylic oxidation sites excluding steroid dienone is 3. The first-order valence-corrected chi connectivity index (χ1v) is 13.6. The molecule has 1 fully saturated rings. The number of benzene rings is 1. The first kappa shape index (κ1) is 30.7. The minimum atomic E-state index is -4.36. The number of oxazole rings is 1. The van der Waals surface area contributed by atoms with Gasteiger partial charge in [0.2, 0.25) is 10.0 Å². The van der Waals surface area contributed by atoms with Crippen LogP contribution in [0.25, 0.3) is 5.57 Å². The average Bonchev–Trinajstić information content (AvgIpc) is 3.42. The molecular formula is C26H31F2N5O6S. The minimum absolute atomic E-state index is 0.00152. The van der Waals surface area contributed by atoms with Gasteiger partial charge in [0, 0.05) is 44.5 Å². The summed E-state index contributed by atoms with van der Waals surface area (Å²) in [5, 5.41) is 5.02. The number of amides is 2. The molecule has 0 atom stereocenters. The molecule has 0 aliphatic carbocycles. The van der Waals surface area contributed by atoms with Gasteiger partial charge in [0.15, 0.2) is 17.0 Å². The van der Waals surface area contributed by atoms with Gasteiger partial charge < -0.3 is 19.8 Å². The lowest BCUT2D eigenvalue weighted by molar-refractivity contribution is -0.139. The Labute approximate surface area is 231 Å². The van der Waals surface area contributed by atoms with E-state index in [1.165, 1.54) is 38.1 Å². The van der Waals surface area contributed by atoms with Crippen molar-refractivity contribution in [2.45, 2.75) is 24.3 Å². The number of rotatable bonds is 10. The van der Waals surface area contributed by atoms with E-state index in [0.717, 1.165) is 22.5 Å². The second kappa shape index (κ2) is 13.0. The molecule has 3 rings (SSSR count). The molecule has 0 spiro atoms. The number of hydrogen-bond donors (Lipinski definition) is 2. The Morgan fingerprint density at radius 2 is 1.82 bits per heavy atom. The van der Waals surface area contributed by atoms with Crippen molar-refractivity contribution in [1.82, 2.24) is 24.8 Å². The van der Waals surface area contributed by atoms with Crippen molar-refractivity contribution in [1.29, 1.82) is 0 Å². The average molecular weight is 580 g/mol. The summed E-state index contributed by atoms with van der Waals surface area (Å²) in [6, 6.07) is 2.89. The molecule has 2 aromatic rings. The smallest absolute Gasteiger partial charge is 0.313 e. The van der Waals surface area contributed by atoms with Crippen LogP contribution in [0.1, 0.15) is 19.6 Å². The Morgan fingerprint density at radius 1 is 1.18 bits per heavy atom. The highest BCUT2D eigenvalue weighted by Gasteiger charge is 2.35. The zero-order valence-electron chi connectivity index (χ0n) is 22.3. The summed E-state index contributed by atoms with van der Waals surface area (Å²) >= 11 is 0. The number of nitrogens with zero attached hydrogens (tertiary/aromatic N) is 3. The lowest BCUT2D eigenvalue weighted by atomic mass is 10.0. The van der Waals surface area contributed by atoms with Crippen LogP contribution in [0, 0.1) is 11.6 Å². The van der Waals surface area contributed by atoms with E-state index in [1.54, 1.807) is 13.8 Å². The van der Waals surface area contributed by atoms with Gasteiger partial charge in [0.25, 0.3) is 0 Å². The fourth-order valence-electron chi connectivity index (χ4n) is 4.15. The van der Waals surface area contributed by atoms with Crippen molar-refractivity contribution in [2.24, 2.45) is 0 Å². The van der Waals surface area contributed by atoms with E-state index in [4.69, 9.17) is 9.15 Å². The van der Waals surface area contributed by atoms with Crippen LogP contribution in [-0.4, -0.2) is 79.8 Å². The van der Waals surface area contributed by atoms with Crippen LogP contribution in [0.15, 0.2) is 70.8 Å². The van der Waals surface area contributed by atoms with E-state index in [2.05, 4.69) is 22.2 Å². The standard InChI is InChI=1S/C26H31F2N5O6S/c1-5-18(22-15-29-17-39-22)21(38-4)9-10-30-24(34)25(35)31-26(2,3)16-32-11-13-33(14-12-32)40(36,37)23-19(27)7-6-8-20(23)28/h5-10,15,17H,1,11-14,16H2,2-4H3,(H,30,34)(H,31,35). The molecular weight excluding hydrogens is 548 g/mol. The molecule has 1 saturated heterocycles. The molecule has 1 aromatic heterocycles. The predicted molar refractivity (Wildman–Crippen MR) is 142 cm³/mol. The third kappa shape index (κ3) is 7.40. The second-order valence-electron chi connectivity index (χ2n) is 9.43. The molecule has 1 aliphatic rings. The monoisotopic (exact) mass is 579 g/mol. The lowest BCUT2D eigenvalue weighted by Gasteiger charge is -2.38. The summed E-state index contributed by atoms with van der Waals surface area (Å²) in [4.78, 5) is 29.6. The third-order valence-electron chi connectivity index (χ3n) is 5.96. The fraction of sp³-hybridized carbons (Fsp3) is 0.346. The molecule has 2 N–H and O–H groups in total. The maximum atomic E-state index is 14.1. The molecule has 0 unspecified atom stereocenters. The summed E-state index contributed by atoms with van der Waals surface area (Å²) in [7, 11) is -2.94. The Hall–Kier alpha value is -3.88. The van der Waals surface area contributed by atoms with Gasteiger partial charge in [-0.2, -0.15) is 4.31 Å². The van der Waals surface area contributed by atoms with Crippen LogP contribution in [0.3, 0.4) is 0 Å². The molecule has 1 aliphatic heterocycles. The maximum Gasteiger partial charge on any atom is 0.313 e. The molecule has 0 saturated carbocycles. The van der Waals surface area contributed by atoms with Crippen molar-refractivity contribution < 1.29 is 35.9 Å². The van der Waals surface area contributed by atoms with E-state index in [-0.39, 0.29) is 26.2 Å². The molecule has 0 radical (unpaired) electrons. The quantitative estimate of drug-likeness (QED) is 0.248. The number of halogens is 2. The molecule has 0 bridgehead atoms. The largest absolute Gasteiger partial charge is 0.496 e. The van der Waals surface area contributed by atoms with Crippen molar-refractivity contribution >= 4 is 27.4 Å². The van der Waals surface area contributed by atoms with Gasteiger partial charge in [-0.25, -0.2) is 22.2 Å². The highest BCUT2D eigenvalue weighted by molar-refractivity contribution is 7.89. The molecule has 40 heavy (non-hydrogen) atoms. The zero-order chi connectivity index (χ0) is 29.5. The Balaban J connectivity index is 1.54. The van der Waals surface area contributed by atoms with Gasteiger partial charge in [-0.15, -0.1) is 0 Å². The number of ether oxygens (including phenoxy) is 1. The fourth-order valence-corrected chi connectivity index (χ4v) is 5.68. The summed E-state index contributed by atoms with van der Waals surface area (Å²) in [5.41, 5.74) is -0.375. The minimum Gasteiger partial charge on any atom is -0.496 e. The zero-order valence-corrected chi connectivity index (χ0v) is 23.1. The maximum absolute atomic E-state index is 14.1. The van der Waals surface area contributed by atoms with E-state index in [0.29, 0.717) is 23.6 Å². The molecule has 2 amide bonds. The number of carbonyl (C=O) groups is 2. The molecule has 216 valence electrons. The normalized spacial score (nSPS) is 15.9. The summed E-state index contributed by atoms with van der Waals surface area (Å²) in [6.07, 6.45) is 6.88. The molecule has 1 aromatic carbocycles. The van der Waals surface area contributed by atoms with Crippen LogP contribution < -0.4 is 10.6 Å². The van der Waals surface area contributed by atoms with E-state index in [9.17, 15) is 26.8 Å². The van der Waals surface area contributed by atoms with Crippen LogP contribution in [0.2, 0.25) is 0 Å². The van der Waals surface area contributed by atoms with Crippen molar-refractivity contribution in [3.05, 3.63) is 78.9 Å². The second-order valence-corrected chi connectivity index (χ2v) is 11.3. The van der Waals surface area contributed by atoms with Crippen molar-refractivity contribution in [2.75, 3.05) is 39.8 Å². The number of aromatic nitrogens is 1. The Bertz CT molecular complexity index is 1380. The van der Waals surface area contributed by atoms with Crippen LogP contribution in [0.5, 0.6) is 0 Å². The van der Waals surface area contributed by atoms with Gasteiger partial charge in [0.05, 0.1) is 18.9 Å². The number of sulfonamides is 1. The van der Waals surface area contributed by atoms with Gasteiger partial charge in [0.1, 0.15) is 17.4 Å². The third-order valence-corrected chi connectivity index (χ3v) is 7.91. The van der Waals surface area contributed by atoms with E-state index < -0.39 is 43.9 Å². The number of piperazine rings is 1. The number of nitrogens with one attached hydrogen (secondary N) is 2. The van der Waals surface area contributed by atoms with E-state index >= 15 is 0 Å². The topological polar surface area (TPSA) is 134 Å². The Kier molecular flexibility index (Phi) is 9.95. The Morgan fingerprint density at radius 3 is 2.38 bits per heavy atom. The van der Waals surface area contributed by atoms with Gasteiger partial charge in [-0.1, -0.05) is 18.7 Å². The van der Waals surface area contributed by atoms with Gasteiger partial charge >= 0.3 is 11.8 Å². The SMILES string of the molecule is C=CC(=C(C=CNC(=O)C(=O)NC(C)(C)CN1CCN(S(=O)(=O)c2c(F)cccc2F)CC1)OC)c1cnco1. The van der Waals surface area contributed by atoms with Gasteiger partial charge in [-0.05, 0) is 32.1 Å². The number of carbonyl (C=O) groups excluding carboxylic acids is 2. The van der Waals surface area contributed by atoms with Crippen LogP contribution in [0.4, 0.5) is 8.78 Å². The molecule has 11 nitrogen and oxygen atoms in total. The lowest BCUT2D eigenvalue weighted by Crippen LogP contribution is -2.58. The van der Waals surface area contributed by atoms with Crippen LogP contribution in [-0.2, 0) is 24.3 Å². The predicted octanol–water partition coefficient (Wildman–Crippen LogP) is 2.03. The van der Waals surface area contributed by atoms with Crippen molar-refractivity contribution in [3.63, 3.8) is 0 Å². The van der Waals surface area contributed by atoms with Crippen molar-refractivity contribution in [3.8, 4) is 0 Å². The molecule has 14 heteroatoms. The highest BCUT2D eigenvalue weighted by Crippen LogP contribution is 2.24. The first-order valence-electron chi connectivity index (χ1n) is 12.1. The molecule has 2 heterocycles. The highest BCUT2D eigenvalue weighted by atomic mass is 32.2. The van der Waals surface area contributed by atoms with Crippen LogP contribution >= 0.6 is 0 Å². The number of hydrogen-bond acceptors (Lipinski definition) is 8. The van der Waals surface area contributed by atoms with E-state index in [1.807, 2.05) is 4.90 Å². The summed E-state index contributed by atoms with van der Waals surface area (Å²) < 4.78 is 65.3. The summed E-state index contributed by atoms with van der Waals surface area (Å²) in [6.45, 7) is 7.94. The first-order chi connectivity index (χ1) is 18.9.